The van der Waals surface area contributed by atoms with Crippen LogP contribution in [0, 0.1) is 5.82 Å². The summed E-state index contributed by atoms with van der Waals surface area (Å²) in [6.45, 7) is 0.577. The summed E-state index contributed by atoms with van der Waals surface area (Å²) in [6, 6.07) is 6.20. The van der Waals surface area contributed by atoms with E-state index in [1.165, 1.54) is 17.2 Å². The molecule has 25 heavy (non-hydrogen) atoms. The summed E-state index contributed by atoms with van der Waals surface area (Å²) >= 11 is 0. The average molecular weight is 348 g/mol. The van der Waals surface area contributed by atoms with Crippen molar-refractivity contribution in [3.63, 3.8) is 0 Å². The molecule has 1 aromatic heterocycles. The number of benzene rings is 1. The molecular weight excluding hydrogens is 331 g/mol. The number of ether oxygens (including phenoxy) is 1. The first-order valence-corrected chi connectivity index (χ1v) is 7.86. The largest absolute Gasteiger partial charge is 0.479 e. The first-order chi connectivity index (χ1) is 12.0. The number of nitrogens with zero attached hydrogens (tertiary/aromatic N) is 2. The van der Waals surface area contributed by atoms with Crippen LogP contribution in [0.5, 0.6) is 0 Å². The fourth-order valence-electron chi connectivity index (χ4n) is 2.61. The number of carboxylic acids is 1. The van der Waals surface area contributed by atoms with Crippen molar-refractivity contribution in [2.24, 2.45) is 0 Å². The minimum Gasteiger partial charge on any atom is -0.479 e. The molecule has 132 valence electrons. The summed E-state index contributed by atoms with van der Waals surface area (Å²) in [5.41, 5.74) is 0.310. The van der Waals surface area contributed by atoms with Gasteiger partial charge in [0.1, 0.15) is 5.82 Å². The third kappa shape index (κ3) is 4.03. The fraction of sp³-hybridized carbons (Fsp3) is 0.353. The van der Waals surface area contributed by atoms with Crippen LogP contribution in [-0.2, 0) is 20.7 Å². The van der Waals surface area contributed by atoms with Crippen molar-refractivity contribution in [3.05, 3.63) is 42.2 Å². The van der Waals surface area contributed by atoms with Crippen molar-refractivity contribution in [1.82, 2.24) is 9.88 Å². The molecule has 0 aliphatic carbocycles. The summed E-state index contributed by atoms with van der Waals surface area (Å²) in [5, 5.41) is 8.96. The van der Waals surface area contributed by atoms with Crippen molar-refractivity contribution in [2.45, 2.75) is 18.9 Å². The van der Waals surface area contributed by atoms with E-state index in [2.05, 4.69) is 4.98 Å². The van der Waals surface area contributed by atoms with Crippen LogP contribution in [0.15, 0.2) is 34.9 Å². The van der Waals surface area contributed by atoms with E-state index in [1.807, 2.05) is 0 Å². The number of carbonyl (C=O) groups is 2. The predicted octanol–water partition coefficient (Wildman–Crippen LogP) is 1.73. The molecule has 2 aromatic rings. The van der Waals surface area contributed by atoms with Crippen molar-refractivity contribution < 1.29 is 28.2 Å². The molecule has 2 heterocycles. The molecule has 8 heteroatoms. The van der Waals surface area contributed by atoms with Crippen LogP contribution in [0.4, 0.5) is 4.39 Å². The van der Waals surface area contributed by atoms with E-state index in [1.54, 1.807) is 18.2 Å². The van der Waals surface area contributed by atoms with Gasteiger partial charge in [-0.3, -0.25) is 4.79 Å². The number of aliphatic carboxylic acids is 1. The maximum atomic E-state index is 13.7. The lowest BCUT2D eigenvalue weighted by Crippen LogP contribution is -2.48. The fourth-order valence-corrected chi connectivity index (χ4v) is 2.61. The van der Waals surface area contributed by atoms with Gasteiger partial charge in [0, 0.05) is 19.4 Å². The molecule has 3 rings (SSSR count). The minimum atomic E-state index is -1.08. The minimum absolute atomic E-state index is 0.0280. The van der Waals surface area contributed by atoms with E-state index >= 15 is 0 Å². The number of hydrogen-bond acceptors (Lipinski definition) is 5. The average Bonchev–Trinajstić information content (AvgIpc) is 3.09. The zero-order valence-electron chi connectivity index (χ0n) is 13.4. The highest BCUT2D eigenvalue weighted by molar-refractivity contribution is 5.78. The Kier molecular flexibility index (Phi) is 5.08. The topological polar surface area (TPSA) is 92.9 Å². The Morgan fingerprint density at radius 2 is 2.16 bits per heavy atom. The van der Waals surface area contributed by atoms with Gasteiger partial charge in [0.15, 0.2) is 17.8 Å². The number of carboxylic acid groups (broad SMARTS) is 1. The maximum Gasteiger partial charge on any atom is 0.334 e. The number of carbonyl (C=O) groups excluding carboxylic acids is 1. The van der Waals surface area contributed by atoms with Crippen molar-refractivity contribution in [1.29, 1.82) is 0 Å². The van der Waals surface area contributed by atoms with Gasteiger partial charge in [-0.05, 0) is 12.1 Å². The number of rotatable bonds is 5. The Morgan fingerprint density at radius 1 is 1.36 bits per heavy atom. The summed E-state index contributed by atoms with van der Waals surface area (Å²) in [5.74, 6) is -1.05. The molecule has 0 saturated carbocycles. The molecule has 0 spiro atoms. The number of oxazole rings is 1. The predicted molar refractivity (Wildman–Crippen MR) is 84.2 cm³/mol. The Morgan fingerprint density at radius 3 is 2.92 bits per heavy atom. The second-order valence-electron chi connectivity index (χ2n) is 5.64. The first kappa shape index (κ1) is 17.1. The number of amides is 1. The molecule has 7 nitrogen and oxygen atoms in total. The molecule has 1 N–H and O–H groups in total. The smallest absolute Gasteiger partial charge is 0.334 e. The molecule has 1 aliphatic heterocycles. The normalized spacial score (nSPS) is 17.5. The SMILES string of the molecule is O=C(O)C1CN(C(=O)CCc2ncc(-c3ccccc3F)o2)CCO1. The molecule has 1 atom stereocenters. The van der Waals surface area contributed by atoms with Gasteiger partial charge in [-0.25, -0.2) is 14.2 Å². The lowest BCUT2D eigenvalue weighted by Gasteiger charge is -2.30. The van der Waals surface area contributed by atoms with Crippen molar-refractivity contribution >= 4 is 11.9 Å². The van der Waals surface area contributed by atoms with Gasteiger partial charge >= 0.3 is 5.97 Å². The monoisotopic (exact) mass is 348 g/mol. The van der Waals surface area contributed by atoms with Crippen LogP contribution in [0.2, 0.25) is 0 Å². The number of aromatic nitrogens is 1. The molecule has 1 unspecified atom stereocenters. The Balaban J connectivity index is 1.58. The van der Waals surface area contributed by atoms with Gasteiger partial charge in [0.05, 0.1) is 24.9 Å². The highest BCUT2D eigenvalue weighted by Crippen LogP contribution is 2.23. The number of hydrogen-bond donors (Lipinski definition) is 1. The maximum absolute atomic E-state index is 13.7. The van der Waals surface area contributed by atoms with Crippen LogP contribution in [0.25, 0.3) is 11.3 Å². The molecule has 1 fully saturated rings. The highest BCUT2D eigenvalue weighted by atomic mass is 19.1. The van der Waals surface area contributed by atoms with Crippen molar-refractivity contribution in [2.75, 3.05) is 19.7 Å². The van der Waals surface area contributed by atoms with Crippen LogP contribution >= 0.6 is 0 Å². The summed E-state index contributed by atoms with van der Waals surface area (Å²) < 4.78 is 24.3. The van der Waals surface area contributed by atoms with E-state index in [9.17, 15) is 14.0 Å². The molecule has 0 radical (unpaired) electrons. The van der Waals surface area contributed by atoms with Crippen LogP contribution in [0.1, 0.15) is 12.3 Å². The number of halogens is 1. The third-order valence-electron chi connectivity index (χ3n) is 3.94. The van der Waals surface area contributed by atoms with Gasteiger partial charge in [0.25, 0.3) is 0 Å². The Labute approximate surface area is 143 Å². The van der Waals surface area contributed by atoms with E-state index in [-0.39, 0.29) is 31.9 Å². The van der Waals surface area contributed by atoms with Gasteiger partial charge < -0.3 is 19.2 Å². The first-order valence-electron chi connectivity index (χ1n) is 7.86. The zero-order valence-corrected chi connectivity index (χ0v) is 13.4. The quantitative estimate of drug-likeness (QED) is 0.884. The van der Waals surface area contributed by atoms with E-state index in [0.717, 1.165) is 0 Å². The van der Waals surface area contributed by atoms with Gasteiger partial charge in [-0.2, -0.15) is 0 Å². The van der Waals surface area contributed by atoms with Crippen LogP contribution < -0.4 is 0 Å². The second-order valence-corrected chi connectivity index (χ2v) is 5.64. The molecule has 1 aliphatic rings. The summed E-state index contributed by atoms with van der Waals surface area (Å²) in [4.78, 5) is 28.7. The summed E-state index contributed by atoms with van der Waals surface area (Å²) in [7, 11) is 0. The van der Waals surface area contributed by atoms with Crippen LogP contribution in [0.3, 0.4) is 0 Å². The van der Waals surface area contributed by atoms with Gasteiger partial charge in [-0.1, -0.05) is 12.1 Å². The Hall–Kier alpha value is -2.74. The Bertz CT molecular complexity index is 776. The van der Waals surface area contributed by atoms with E-state index < -0.39 is 17.9 Å². The second kappa shape index (κ2) is 7.43. The van der Waals surface area contributed by atoms with E-state index in [0.29, 0.717) is 23.8 Å². The zero-order chi connectivity index (χ0) is 17.8. The molecule has 0 bridgehead atoms. The third-order valence-corrected chi connectivity index (χ3v) is 3.94. The molecular formula is C17H17FN2O5. The van der Waals surface area contributed by atoms with Crippen molar-refractivity contribution in [3.8, 4) is 11.3 Å². The van der Waals surface area contributed by atoms with Gasteiger partial charge in [-0.15, -0.1) is 0 Å². The standard InChI is InChI=1S/C17H17FN2O5/c18-12-4-2-1-3-11(12)13-9-19-15(25-13)5-6-16(21)20-7-8-24-14(10-20)17(22)23/h1-4,9,14H,5-8,10H2,(H,22,23). The lowest BCUT2D eigenvalue weighted by molar-refractivity contribution is -0.159. The molecule has 1 saturated heterocycles. The molecule has 1 amide bonds. The molecule has 1 aromatic carbocycles. The van der Waals surface area contributed by atoms with E-state index in [4.69, 9.17) is 14.3 Å². The van der Waals surface area contributed by atoms with Crippen LogP contribution in [-0.4, -0.2) is 52.7 Å². The van der Waals surface area contributed by atoms with Gasteiger partial charge in [0.2, 0.25) is 5.91 Å². The number of aryl methyl sites for hydroxylation is 1. The number of morpholine rings is 1. The lowest BCUT2D eigenvalue weighted by atomic mass is 10.2. The summed E-state index contributed by atoms with van der Waals surface area (Å²) in [6.07, 6.45) is 0.811. The highest BCUT2D eigenvalue weighted by Gasteiger charge is 2.28.